The van der Waals surface area contributed by atoms with E-state index in [1.165, 1.54) is 12.1 Å². The normalized spacial score (nSPS) is 9.08. The molecule has 0 fully saturated rings. The molecule has 62 valence electrons. The van der Waals surface area contributed by atoms with Gasteiger partial charge in [-0.3, -0.25) is 0 Å². The van der Waals surface area contributed by atoms with E-state index in [0.29, 0.717) is 5.75 Å². The Bertz CT molecular complexity index is 317. The van der Waals surface area contributed by atoms with E-state index < -0.39 is 0 Å². The molecule has 0 heterocycles. The Hall–Kier alpha value is -1.56. The second kappa shape index (κ2) is 3.72. The Morgan fingerprint density at radius 3 is 3.00 bits per heavy atom. The summed E-state index contributed by atoms with van der Waals surface area (Å²) in [6.45, 7) is 1.75. The van der Waals surface area contributed by atoms with Crippen LogP contribution in [0.1, 0.15) is 5.56 Å². The minimum Gasteiger partial charge on any atom is -0.478 e. The van der Waals surface area contributed by atoms with Gasteiger partial charge in [0.05, 0.1) is 0 Å². The fourth-order valence-corrected chi connectivity index (χ4v) is 0.839. The van der Waals surface area contributed by atoms with Crippen LogP contribution < -0.4 is 4.74 Å². The number of nitrogens with zero attached hydrogens (tertiary/aromatic N) is 1. The summed E-state index contributed by atoms with van der Waals surface area (Å²) in [6, 6.07) is 6.06. The maximum absolute atomic E-state index is 12.6. The van der Waals surface area contributed by atoms with E-state index in [4.69, 9.17) is 10.00 Å². The largest absolute Gasteiger partial charge is 0.478 e. The van der Waals surface area contributed by atoms with Crippen LogP contribution in [0.4, 0.5) is 4.39 Å². The summed E-state index contributed by atoms with van der Waals surface area (Å²) in [5, 5.41) is 8.22. The highest BCUT2D eigenvalue weighted by molar-refractivity contribution is 5.32. The highest BCUT2D eigenvalue weighted by Gasteiger charge is 1.99. The van der Waals surface area contributed by atoms with Crippen molar-refractivity contribution in [2.24, 2.45) is 0 Å². The molecule has 0 unspecified atom stereocenters. The summed E-state index contributed by atoms with van der Waals surface area (Å²) in [7, 11) is 0. The van der Waals surface area contributed by atoms with Crippen LogP contribution in [0.3, 0.4) is 0 Å². The third-order valence-corrected chi connectivity index (χ3v) is 1.44. The second-order valence-corrected chi connectivity index (χ2v) is 2.36. The molecule has 1 aromatic rings. The maximum atomic E-state index is 12.6. The van der Waals surface area contributed by atoms with Gasteiger partial charge < -0.3 is 4.74 Å². The molecule has 2 nitrogen and oxygen atoms in total. The summed E-state index contributed by atoms with van der Waals surface area (Å²) in [5.41, 5.74) is 0.826. The van der Waals surface area contributed by atoms with E-state index >= 15 is 0 Å². The lowest BCUT2D eigenvalue weighted by Gasteiger charge is -2.04. The van der Waals surface area contributed by atoms with Crippen molar-refractivity contribution < 1.29 is 9.13 Å². The molecule has 1 aromatic carbocycles. The third-order valence-electron chi connectivity index (χ3n) is 1.44. The molecule has 0 aliphatic rings. The van der Waals surface area contributed by atoms with Gasteiger partial charge in [-0.1, -0.05) is 6.07 Å². The van der Waals surface area contributed by atoms with Gasteiger partial charge in [0.1, 0.15) is 17.6 Å². The number of nitriles is 1. The number of benzene rings is 1. The predicted molar refractivity (Wildman–Crippen MR) is 42.2 cm³/mol. The van der Waals surface area contributed by atoms with E-state index in [-0.39, 0.29) is 12.4 Å². The quantitative estimate of drug-likeness (QED) is 0.671. The monoisotopic (exact) mass is 165 g/mol. The molecule has 0 amide bonds. The lowest BCUT2D eigenvalue weighted by atomic mass is 10.2. The molecule has 1 rings (SSSR count). The highest BCUT2D eigenvalue weighted by Crippen LogP contribution is 2.18. The van der Waals surface area contributed by atoms with Crippen LogP contribution in [0.15, 0.2) is 18.2 Å². The van der Waals surface area contributed by atoms with Gasteiger partial charge >= 0.3 is 0 Å². The SMILES string of the molecule is Cc1ccc(F)cc1OCC#N. The van der Waals surface area contributed by atoms with E-state index in [1.807, 2.05) is 6.07 Å². The summed E-state index contributed by atoms with van der Waals surface area (Å²) in [6.07, 6.45) is 0. The Morgan fingerprint density at radius 2 is 2.33 bits per heavy atom. The van der Waals surface area contributed by atoms with Gasteiger partial charge in [0.2, 0.25) is 0 Å². The number of hydrogen-bond donors (Lipinski definition) is 0. The van der Waals surface area contributed by atoms with E-state index in [1.54, 1.807) is 13.0 Å². The fraction of sp³-hybridized carbons (Fsp3) is 0.222. The zero-order valence-corrected chi connectivity index (χ0v) is 6.67. The average Bonchev–Trinajstić information content (AvgIpc) is 2.07. The van der Waals surface area contributed by atoms with Crippen LogP contribution in [0.2, 0.25) is 0 Å². The van der Waals surface area contributed by atoms with Crippen LogP contribution in [0.5, 0.6) is 5.75 Å². The second-order valence-electron chi connectivity index (χ2n) is 2.36. The minimum atomic E-state index is -0.353. The van der Waals surface area contributed by atoms with Gasteiger partial charge in [-0.25, -0.2) is 4.39 Å². The fourth-order valence-electron chi connectivity index (χ4n) is 0.839. The Kier molecular flexibility index (Phi) is 2.65. The van der Waals surface area contributed by atoms with Crippen molar-refractivity contribution in [1.82, 2.24) is 0 Å². The number of halogens is 1. The molecule has 0 spiro atoms. The zero-order chi connectivity index (χ0) is 8.97. The van der Waals surface area contributed by atoms with Gasteiger partial charge in [-0.2, -0.15) is 5.26 Å². The first kappa shape index (κ1) is 8.54. The van der Waals surface area contributed by atoms with Crippen LogP contribution in [0, 0.1) is 24.1 Å². The van der Waals surface area contributed by atoms with E-state index in [0.717, 1.165) is 5.56 Å². The third kappa shape index (κ3) is 1.96. The standard InChI is InChI=1S/C9H8FNO/c1-7-2-3-8(10)6-9(7)12-5-4-11/h2-3,6H,5H2,1H3. The lowest BCUT2D eigenvalue weighted by Crippen LogP contribution is -1.95. The Balaban J connectivity index is 2.84. The van der Waals surface area contributed by atoms with Crippen molar-refractivity contribution in [3.63, 3.8) is 0 Å². The molecule has 0 aliphatic carbocycles. The van der Waals surface area contributed by atoms with Gasteiger partial charge in [-0.15, -0.1) is 0 Å². The Morgan fingerprint density at radius 1 is 1.58 bits per heavy atom. The lowest BCUT2D eigenvalue weighted by molar-refractivity contribution is 0.363. The molecule has 12 heavy (non-hydrogen) atoms. The number of aryl methyl sites for hydroxylation is 1. The molecule has 0 radical (unpaired) electrons. The zero-order valence-electron chi connectivity index (χ0n) is 6.67. The van der Waals surface area contributed by atoms with Gasteiger partial charge in [0.25, 0.3) is 0 Å². The van der Waals surface area contributed by atoms with Gasteiger partial charge in [0.15, 0.2) is 6.61 Å². The van der Waals surface area contributed by atoms with Crippen molar-refractivity contribution in [1.29, 1.82) is 5.26 Å². The smallest absolute Gasteiger partial charge is 0.174 e. The predicted octanol–water partition coefficient (Wildman–Crippen LogP) is 2.04. The first-order chi connectivity index (χ1) is 5.74. The van der Waals surface area contributed by atoms with Gasteiger partial charge in [-0.05, 0) is 18.6 Å². The van der Waals surface area contributed by atoms with Crippen molar-refractivity contribution in [2.45, 2.75) is 6.92 Å². The molecule has 0 saturated carbocycles. The topological polar surface area (TPSA) is 33.0 Å². The van der Waals surface area contributed by atoms with Crippen molar-refractivity contribution in [2.75, 3.05) is 6.61 Å². The van der Waals surface area contributed by atoms with E-state index in [9.17, 15) is 4.39 Å². The van der Waals surface area contributed by atoms with Crippen molar-refractivity contribution in [3.05, 3.63) is 29.6 Å². The molecule has 0 saturated heterocycles. The maximum Gasteiger partial charge on any atom is 0.174 e. The molecule has 0 aliphatic heterocycles. The van der Waals surface area contributed by atoms with Crippen LogP contribution >= 0.6 is 0 Å². The summed E-state index contributed by atoms with van der Waals surface area (Å²) in [5.74, 6) is 0.0742. The molecule has 3 heteroatoms. The molecule has 0 N–H and O–H groups in total. The van der Waals surface area contributed by atoms with E-state index in [2.05, 4.69) is 0 Å². The minimum absolute atomic E-state index is 0.0513. The first-order valence-corrected chi connectivity index (χ1v) is 3.50. The summed E-state index contributed by atoms with van der Waals surface area (Å²) in [4.78, 5) is 0. The Labute approximate surface area is 70.2 Å². The summed E-state index contributed by atoms with van der Waals surface area (Å²) < 4.78 is 17.6. The molecular weight excluding hydrogens is 157 g/mol. The molecule has 0 bridgehead atoms. The van der Waals surface area contributed by atoms with Crippen LogP contribution in [-0.4, -0.2) is 6.61 Å². The number of ether oxygens (including phenoxy) is 1. The first-order valence-electron chi connectivity index (χ1n) is 3.50. The van der Waals surface area contributed by atoms with Crippen molar-refractivity contribution in [3.8, 4) is 11.8 Å². The highest BCUT2D eigenvalue weighted by atomic mass is 19.1. The average molecular weight is 165 g/mol. The van der Waals surface area contributed by atoms with Gasteiger partial charge in [0, 0.05) is 6.07 Å². The number of hydrogen-bond acceptors (Lipinski definition) is 2. The molecular formula is C9H8FNO. The number of rotatable bonds is 2. The molecule has 0 aromatic heterocycles. The molecule has 0 atom stereocenters. The van der Waals surface area contributed by atoms with Crippen LogP contribution in [-0.2, 0) is 0 Å². The summed E-state index contributed by atoms with van der Waals surface area (Å²) >= 11 is 0. The van der Waals surface area contributed by atoms with Crippen LogP contribution in [0.25, 0.3) is 0 Å². The van der Waals surface area contributed by atoms with Crippen molar-refractivity contribution >= 4 is 0 Å².